The lowest BCUT2D eigenvalue weighted by Crippen LogP contribution is -2.29. The molecule has 0 aromatic carbocycles. The van der Waals surface area contributed by atoms with E-state index in [9.17, 15) is 0 Å². The number of nitrogens with one attached hydrogen (secondary N) is 1. The normalized spacial score (nSPS) is 12.9. The summed E-state index contributed by atoms with van der Waals surface area (Å²) >= 11 is 0. The van der Waals surface area contributed by atoms with E-state index in [-0.39, 0.29) is 6.04 Å². The van der Waals surface area contributed by atoms with Gasteiger partial charge in [0.15, 0.2) is 0 Å². The summed E-state index contributed by atoms with van der Waals surface area (Å²) in [6.07, 6.45) is 4.08. The first-order valence-electron chi connectivity index (χ1n) is 4.83. The first kappa shape index (κ1) is 10.0. The number of hydrazine groups is 1. The van der Waals surface area contributed by atoms with Crippen LogP contribution in [0.2, 0.25) is 0 Å². The van der Waals surface area contributed by atoms with E-state index in [1.165, 1.54) is 0 Å². The van der Waals surface area contributed by atoms with Crippen LogP contribution in [0.4, 0.5) is 0 Å². The zero-order valence-corrected chi connectivity index (χ0v) is 8.57. The van der Waals surface area contributed by atoms with E-state index >= 15 is 0 Å². The molecule has 0 aliphatic carbocycles. The molecular weight excluding hydrogens is 192 g/mol. The summed E-state index contributed by atoms with van der Waals surface area (Å²) in [6.45, 7) is 1.91. The summed E-state index contributed by atoms with van der Waals surface area (Å²) in [5.41, 5.74) is 3.78. The molecule has 1 unspecified atom stereocenters. The van der Waals surface area contributed by atoms with Crippen LogP contribution >= 0.6 is 0 Å². The van der Waals surface area contributed by atoms with Crippen LogP contribution in [0.5, 0.6) is 0 Å². The summed E-state index contributed by atoms with van der Waals surface area (Å²) in [5.74, 6) is 7.28. The van der Waals surface area contributed by atoms with Crippen molar-refractivity contribution in [2.75, 3.05) is 0 Å². The highest BCUT2D eigenvalue weighted by atomic mass is 16.3. The minimum atomic E-state index is 0.0219. The monoisotopic (exact) mass is 206 g/mol. The van der Waals surface area contributed by atoms with Gasteiger partial charge in [0, 0.05) is 12.0 Å². The van der Waals surface area contributed by atoms with Crippen molar-refractivity contribution >= 4 is 0 Å². The summed E-state index contributed by atoms with van der Waals surface area (Å²) in [4.78, 5) is 0. The Labute approximate surface area is 88.0 Å². The van der Waals surface area contributed by atoms with Crippen LogP contribution in [-0.4, -0.2) is 0 Å². The van der Waals surface area contributed by atoms with Crippen LogP contribution < -0.4 is 11.3 Å². The fourth-order valence-corrected chi connectivity index (χ4v) is 1.55. The third kappa shape index (κ3) is 2.29. The topological polar surface area (TPSA) is 64.3 Å². The molecule has 0 radical (unpaired) electrons. The van der Waals surface area contributed by atoms with Gasteiger partial charge in [0.25, 0.3) is 0 Å². The lowest BCUT2D eigenvalue weighted by atomic mass is 10.1. The number of hydrogen-bond donors (Lipinski definition) is 2. The Hall–Kier alpha value is -1.52. The second-order valence-corrected chi connectivity index (χ2v) is 3.49. The zero-order chi connectivity index (χ0) is 10.7. The van der Waals surface area contributed by atoms with E-state index in [2.05, 4.69) is 5.43 Å². The highest BCUT2D eigenvalue weighted by Crippen LogP contribution is 2.20. The average Bonchev–Trinajstić information content (AvgIpc) is 2.85. The summed E-state index contributed by atoms with van der Waals surface area (Å²) in [7, 11) is 0. The first-order chi connectivity index (χ1) is 7.29. The predicted molar refractivity (Wildman–Crippen MR) is 55.9 cm³/mol. The van der Waals surface area contributed by atoms with Gasteiger partial charge in [0.05, 0.1) is 18.6 Å². The maximum absolute atomic E-state index is 5.50. The molecule has 0 aliphatic rings. The molecular formula is C11H14N2O2. The van der Waals surface area contributed by atoms with Crippen LogP contribution in [0.15, 0.2) is 39.6 Å². The van der Waals surface area contributed by atoms with Gasteiger partial charge in [-0.1, -0.05) is 0 Å². The van der Waals surface area contributed by atoms with Gasteiger partial charge in [-0.25, -0.2) is 0 Å². The molecule has 4 nitrogen and oxygen atoms in total. The number of hydrogen-bond acceptors (Lipinski definition) is 4. The third-order valence-corrected chi connectivity index (χ3v) is 2.34. The molecule has 2 rings (SSSR count). The minimum Gasteiger partial charge on any atom is -0.469 e. The summed E-state index contributed by atoms with van der Waals surface area (Å²) in [5, 5.41) is 0. The highest BCUT2D eigenvalue weighted by Gasteiger charge is 2.14. The van der Waals surface area contributed by atoms with Crippen molar-refractivity contribution < 1.29 is 8.83 Å². The Morgan fingerprint density at radius 3 is 2.87 bits per heavy atom. The molecule has 3 N–H and O–H groups in total. The van der Waals surface area contributed by atoms with Gasteiger partial charge < -0.3 is 8.83 Å². The van der Waals surface area contributed by atoms with E-state index < -0.39 is 0 Å². The number of furan rings is 2. The van der Waals surface area contributed by atoms with Crippen LogP contribution in [0, 0.1) is 6.92 Å². The molecule has 0 amide bonds. The second-order valence-electron chi connectivity index (χ2n) is 3.49. The Bertz CT molecular complexity index is 406. The maximum Gasteiger partial charge on any atom is 0.105 e. The molecule has 4 heteroatoms. The van der Waals surface area contributed by atoms with Crippen LogP contribution in [-0.2, 0) is 6.42 Å². The van der Waals surface area contributed by atoms with Gasteiger partial charge in [0.2, 0.25) is 0 Å². The Kier molecular flexibility index (Phi) is 2.89. The van der Waals surface area contributed by atoms with E-state index in [0.717, 1.165) is 17.1 Å². The van der Waals surface area contributed by atoms with E-state index in [0.29, 0.717) is 6.42 Å². The van der Waals surface area contributed by atoms with Crippen molar-refractivity contribution in [2.45, 2.75) is 19.4 Å². The van der Waals surface area contributed by atoms with Crippen LogP contribution in [0.25, 0.3) is 0 Å². The fourth-order valence-electron chi connectivity index (χ4n) is 1.55. The first-order valence-corrected chi connectivity index (χ1v) is 4.83. The zero-order valence-electron chi connectivity index (χ0n) is 8.57. The second kappa shape index (κ2) is 4.33. The molecule has 0 spiro atoms. The average molecular weight is 206 g/mol. The van der Waals surface area contributed by atoms with Crippen molar-refractivity contribution in [1.29, 1.82) is 0 Å². The van der Waals surface area contributed by atoms with Crippen molar-refractivity contribution in [3.8, 4) is 0 Å². The number of rotatable bonds is 4. The minimum absolute atomic E-state index is 0.0219. The van der Waals surface area contributed by atoms with Gasteiger partial charge in [-0.05, 0) is 25.1 Å². The molecule has 2 heterocycles. The standard InChI is InChI=1S/C11H14N2O2/c1-8-5-9(7-15-8)11(13-12)6-10-3-2-4-14-10/h2-5,7,11,13H,6,12H2,1H3. The van der Waals surface area contributed by atoms with Crippen LogP contribution in [0.1, 0.15) is 23.1 Å². The molecule has 1 atom stereocenters. The molecule has 2 aromatic rings. The van der Waals surface area contributed by atoms with Crippen LogP contribution in [0.3, 0.4) is 0 Å². The molecule has 2 aromatic heterocycles. The lowest BCUT2D eigenvalue weighted by molar-refractivity contribution is 0.450. The molecule has 0 saturated carbocycles. The molecule has 0 saturated heterocycles. The summed E-state index contributed by atoms with van der Waals surface area (Å²) in [6, 6.07) is 5.78. The Balaban J connectivity index is 2.11. The molecule has 0 bridgehead atoms. The number of aryl methyl sites for hydroxylation is 1. The van der Waals surface area contributed by atoms with Gasteiger partial charge in [0.1, 0.15) is 11.5 Å². The Morgan fingerprint density at radius 2 is 2.33 bits per heavy atom. The van der Waals surface area contributed by atoms with E-state index in [1.54, 1.807) is 12.5 Å². The molecule has 80 valence electrons. The molecule has 0 aliphatic heterocycles. The predicted octanol–water partition coefficient (Wildman–Crippen LogP) is 1.93. The maximum atomic E-state index is 5.50. The quantitative estimate of drug-likeness (QED) is 0.592. The van der Waals surface area contributed by atoms with Gasteiger partial charge >= 0.3 is 0 Å². The van der Waals surface area contributed by atoms with E-state index in [1.807, 2.05) is 25.1 Å². The number of nitrogens with two attached hydrogens (primary N) is 1. The lowest BCUT2D eigenvalue weighted by Gasteiger charge is -2.11. The smallest absolute Gasteiger partial charge is 0.105 e. The van der Waals surface area contributed by atoms with Gasteiger partial charge in [-0.2, -0.15) is 0 Å². The van der Waals surface area contributed by atoms with Crippen molar-refractivity contribution in [2.24, 2.45) is 5.84 Å². The summed E-state index contributed by atoms with van der Waals surface area (Å²) < 4.78 is 10.5. The fraction of sp³-hybridized carbons (Fsp3) is 0.273. The van der Waals surface area contributed by atoms with Gasteiger partial charge in [-0.15, -0.1) is 0 Å². The largest absolute Gasteiger partial charge is 0.469 e. The Morgan fingerprint density at radius 1 is 1.47 bits per heavy atom. The van der Waals surface area contributed by atoms with Crippen molar-refractivity contribution in [3.63, 3.8) is 0 Å². The van der Waals surface area contributed by atoms with Crippen molar-refractivity contribution in [1.82, 2.24) is 5.43 Å². The molecule has 0 fully saturated rings. The third-order valence-electron chi connectivity index (χ3n) is 2.34. The van der Waals surface area contributed by atoms with Gasteiger partial charge in [-0.3, -0.25) is 11.3 Å². The van der Waals surface area contributed by atoms with E-state index in [4.69, 9.17) is 14.7 Å². The SMILES string of the molecule is Cc1cc(C(Cc2ccco2)NN)co1. The molecule has 15 heavy (non-hydrogen) atoms. The highest BCUT2D eigenvalue weighted by molar-refractivity contribution is 5.18. The van der Waals surface area contributed by atoms with Crippen molar-refractivity contribution in [3.05, 3.63) is 47.8 Å².